The van der Waals surface area contributed by atoms with E-state index in [1.54, 1.807) is 12.1 Å². The maximum Gasteiger partial charge on any atom is 0.511 e. The molecule has 0 aliphatic heterocycles. The summed E-state index contributed by atoms with van der Waals surface area (Å²) >= 11 is 0. The van der Waals surface area contributed by atoms with Crippen molar-refractivity contribution in [1.29, 1.82) is 0 Å². The predicted octanol–water partition coefficient (Wildman–Crippen LogP) is 6.68. The Kier molecular flexibility index (Phi) is 7.25. The Morgan fingerprint density at radius 1 is 0.750 bits per heavy atom. The highest BCUT2D eigenvalue weighted by Gasteiger charge is 2.13. The van der Waals surface area contributed by atoms with E-state index in [9.17, 15) is 4.79 Å². The summed E-state index contributed by atoms with van der Waals surface area (Å²) in [5, 5.41) is 8.86. The fourth-order valence-electron chi connectivity index (χ4n) is 3.64. The Morgan fingerprint density at radius 3 is 1.93 bits per heavy atom. The maximum atomic E-state index is 10.8. The molecule has 1 N–H and O–H groups in total. The first-order valence-corrected chi connectivity index (χ1v) is 9.82. The average molecular weight is 374 g/mol. The lowest BCUT2D eigenvalue weighted by Crippen LogP contribution is -2.05. The van der Waals surface area contributed by atoms with Gasteiger partial charge < -0.3 is 9.84 Å². The molecule has 28 heavy (non-hydrogen) atoms. The summed E-state index contributed by atoms with van der Waals surface area (Å²) in [7, 11) is 0. The highest BCUT2D eigenvalue weighted by molar-refractivity contribution is 5.62. The van der Waals surface area contributed by atoms with Gasteiger partial charge in [0.2, 0.25) is 0 Å². The molecular weight excluding hydrogens is 348 g/mol. The lowest BCUT2D eigenvalue weighted by Gasteiger charge is -2.18. The van der Waals surface area contributed by atoms with Gasteiger partial charge in [-0.3, -0.25) is 0 Å². The third-order valence-electron chi connectivity index (χ3n) is 5.01. The van der Waals surface area contributed by atoms with Gasteiger partial charge in [-0.25, -0.2) is 4.79 Å². The fraction of sp³-hybridized carbons (Fsp3) is 0.240. The number of rotatable bonds is 9. The zero-order chi connectivity index (χ0) is 19.6. The molecule has 0 saturated heterocycles. The van der Waals surface area contributed by atoms with E-state index in [1.807, 2.05) is 12.1 Å². The molecule has 0 atom stereocenters. The summed E-state index contributed by atoms with van der Waals surface area (Å²) in [5.74, 6) is 0.853. The number of para-hydroxylation sites is 1. The first kappa shape index (κ1) is 19.7. The largest absolute Gasteiger partial charge is 0.511 e. The topological polar surface area (TPSA) is 46.5 Å². The molecule has 0 saturated carbocycles. The summed E-state index contributed by atoms with van der Waals surface area (Å²) in [6.45, 7) is 0. The van der Waals surface area contributed by atoms with Crippen LogP contribution in [0.2, 0.25) is 0 Å². The molecule has 3 rings (SSSR count). The number of unbranched alkanes of at least 4 members (excludes halogenated alkanes) is 2. The van der Waals surface area contributed by atoms with Gasteiger partial charge in [0.25, 0.3) is 0 Å². The lowest BCUT2D eigenvalue weighted by molar-refractivity contribution is 0.144. The molecular formula is C25H26O3. The van der Waals surface area contributed by atoms with Gasteiger partial charge in [-0.05, 0) is 42.0 Å². The van der Waals surface area contributed by atoms with E-state index in [4.69, 9.17) is 9.84 Å². The number of aryl methyl sites for hydroxylation is 1. The van der Waals surface area contributed by atoms with Crippen molar-refractivity contribution in [3.8, 4) is 5.75 Å². The number of hydrogen-bond donors (Lipinski definition) is 1. The van der Waals surface area contributed by atoms with E-state index in [0.29, 0.717) is 11.7 Å². The van der Waals surface area contributed by atoms with Crippen molar-refractivity contribution >= 4 is 6.16 Å². The number of benzene rings is 3. The van der Waals surface area contributed by atoms with Crippen molar-refractivity contribution in [2.75, 3.05) is 0 Å². The average Bonchev–Trinajstić information content (AvgIpc) is 2.73. The first-order chi connectivity index (χ1) is 13.7. The Balaban J connectivity index is 1.55. The highest BCUT2D eigenvalue weighted by Crippen LogP contribution is 2.30. The molecule has 0 spiro atoms. The van der Waals surface area contributed by atoms with Gasteiger partial charge in [0.1, 0.15) is 5.75 Å². The van der Waals surface area contributed by atoms with Crippen molar-refractivity contribution in [2.24, 2.45) is 0 Å². The molecule has 0 aromatic heterocycles. The van der Waals surface area contributed by atoms with Gasteiger partial charge in [-0.2, -0.15) is 0 Å². The summed E-state index contributed by atoms with van der Waals surface area (Å²) in [5.41, 5.74) is 3.66. The molecule has 0 radical (unpaired) electrons. The van der Waals surface area contributed by atoms with E-state index in [2.05, 4.69) is 60.7 Å². The molecule has 3 aromatic rings. The lowest BCUT2D eigenvalue weighted by atomic mass is 9.87. The van der Waals surface area contributed by atoms with Crippen LogP contribution in [0.1, 0.15) is 48.3 Å². The molecule has 0 bridgehead atoms. The van der Waals surface area contributed by atoms with Crippen LogP contribution in [-0.2, 0) is 6.42 Å². The van der Waals surface area contributed by atoms with E-state index < -0.39 is 6.16 Å². The van der Waals surface area contributed by atoms with Crippen LogP contribution in [0, 0.1) is 0 Å². The minimum absolute atomic E-state index is 0.407. The second kappa shape index (κ2) is 10.3. The molecule has 3 heteroatoms. The van der Waals surface area contributed by atoms with Crippen LogP contribution in [0.3, 0.4) is 0 Å². The highest BCUT2D eigenvalue weighted by atomic mass is 16.7. The van der Waals surface area contributed by atoms with Crippen molar-refractivity contribution in [2.45, 2.75) is 38.0 Å². The van der Waals surface area contributed by atoms with Crippen LogP contribution in [0.5, 0.6) is 5.75 Å². The van der Waals surface area contributed by atoms with Crippen molar-refractivity contribution < 1.29 is 14.6 Å². The zero-order valence-corrected chi connectivity index (χ0v) is 16.0. The molecule has 144 valence electrons. The second-order valence-corrected chi connectivity index (χ2v) is 6.95. The van der Waals surface area contributed by atoms with Gasteiger partial charge in [0.15, 0.2) is 0 Å². The Hall–Kier alpha value is -3.07. The maximum absolute atomic E-state index is 10.8. The number of carbonyl (C=O) groups is 1. The molecule has 0 aliphatic rings. The Labute approximate surface area is 166 Å². The Bertz CT molecular complexity index is 820. The monoisotopic (exact) mass is 374 g/mol. The van der Waals surface area contributed by atoms with Gasteiger partial charge in [0.05, 0.1) is 0 Å². The molecule has 0 amide bonds. The summed E-state index contributed by atoms with van der Waals surface area (Å²) < 4.78 is 4.87. The van der Waals surface area contributed by atoms with Crippen LogP contribution < -0.4 is 4.74 Å². The van der Waals surface area contributed by atoms with Crippen molar-refractivity contribution in [3.63, 3.8) is 0 Å². The molecule has 0 unspecified atom stereocenters. The van der Waals surface area contributed by atoms with E-state index in [-0.39, 0.29) is 0 Å². The molecule has 0 heterocycles. The van der Waals surface area contributed by atoms with Crippen molar-refractivity contribution in [1.82, 2.24) is 0 Å². The standard InChI is InChI=1S/C25H26O3/c26-25(27)28-24-19-11-10-17-22(24)16-8-3-9-18-23(20-12-4-1-5-13-20)21-14-6-2-7-15-21/h1-2,4-7,10-15,17,19,23H,3,8-9,16,18H2,(H,26,27). The van der Waals surface area contributed by atoms with Gasteiger partial charge in [-0.1, -0.05) is 91.7 Å². The first-order valence-electron chi connectivity index (χ1n) is 9.82. The predicted molar refractivity (Wildman–Crippen MR) is 112 cm³/mol. The van der Waals surface area contributed by atoms with Crippen LogP contribution in [0.25, 0.3) is 0 Å². The Morgan fingerprint density at radius 2 is 1.32 bits per heavy atom. The smallest absolute Gasteiger partial charge is 0.449 e. The van der Waals surface area contributed by atoms with Crippen LogP contribution in [0.4, 0.5) is 4.79 Å². The molecule has 3 nitrogen and oxygen atoms in total. The van der Waals surface area contributed by atoms with E-state index >= 15 is 0 Å². The summed E-state index contributed by atoms with van der Waals surface area (Å²) in [4.78, 5) is 10.8. The minimum Gasteiger partial charge on any atom is -0.449 e. The number of hydrogen-bond acceptors (Lipinski definition) is 2. The van der Waals surface area contributed by atoms with Gasteiger partial charge in [0, 0.05) is 5.92 Å². The van der Waals surface area contributed by atoms with Crippen LogP contribution in [0.15, 0.2) is 84.9 Å². The number of ether oxygens (including phenoxy) is 1. The third kappa shape index (κ3) is 5.71. The normalized spacial score (nSPS) is 10.8. The zero-order valence-electron chi connectivity index (χ0n) is 16.0. The summed E-state index contributed by atoms with van der Waals surface area (Å²) in [6.07, 6.45) is 3.89. The SMILES string of the molecule is O=C(O)Oc1ccccc1CCCCCC(c1ccccc1)c1ccccc1. The van der Waals surface area contributed by atoms with E-state index in [0.717, 1.165) is 37.7 Å². The second-order valence-electron chi connectivity index (χ2n) is 6.95. The van der Waals surface area contributed by atoms with Crippen LogP contribution >= 0.6 is 0 Å². The third-order valence-corrected chi connectivity index (χ3v) is 5.01. The van der Waals surface area contributed by atoms with E-state index in [1.165, 1.54) is 11.1 Å². The van der Waals surface area contributed by atoms with Gasteiger partial charge >= 0.3 is 6.16 Å². The molecule has 0 aliphatic carbocycles. The fourth-order valence-corrected chi connectivity index (χ4v) is 3.64. The molecule has 3 aromatic carbocycles. The van der Waals surface area contributed by atoms with Gasteiger partial charge in [-0.15, -0.1) is 0 Å². The minimum atomic E-state index is -1.26. The quantitative estimate of drug-likeness (QED) is 0.258. The van der Waals surface area contributed by atoms with Crippen molar-refractivity contribution in [3.05, 3.63) is 102 Å². The summed E-state index contributed by atoms with van der Waals surface area (Å²) in [6, 6.07) is 28.7. The van der Waals surface area contributed by atoms with Crippen LogP contribution in [-0.4, -0.2) is 11.3 Å². The number of carboxylic acid groups (broad SMARTS) is 1. The molecule has 0 fully saturated rings.